The molecule has 1 amide bonds. The summed E-state index contributed by atoms with van der Waals surface area (Å²) in [6.07, 6.45) is 3.25. The molecule has 106 valence electrons. The maximum atomic E-state index is 12.0. The topological polar surface area (TPSA) is 63.2 Å². The van der Waals surface area contributed by atoms with Crippen LogP contribution in [0.3, 0.4) is 0 Å². The number of halogens is 1. The van der Waals surface area contributed by atoms with Crippen LogP contribution in [0.25, 0.3) is 0 Å². The van der Waals surface area contributed by atoms with Crippen molar-refractivity contribution in [2.45, 2.75) is 19.8 Å². The van der Waals surface area contributed by atoms with E-state index in [1.165, 1.54) is 6.20 Å². The van der Waals surface area contributed by atoms with E-state index in [0.717, 1.165) is 19.4 Å². The molecule has 0 saturated heterocycles. The lowest BCUT2D eigenvalue weighted by Gasteiger charge is -2.09. The Labute approximate surface area is 118 Å². The van der Waals surface area contributed by atoms with Gasteiger partial charge in [0.15, 0.2) is 0 Å². The molecule has 0 spiro atoms. The Morgan fingerprint density at radius 1 is 1.47 bits per heavy atom. The van der Waals surface area contributed by atoms with Crippen LogP contribution in [-0.2, 0) is 4.74 Å². The Morgan fingerprint density at radius 3 is 2.95 bits per heavy atom. The van der Waals surface area contributed by atoms with Crippen molar-refractivity contribution < 1.29 is 9.53 Å². The van der Waals surface area contributed by atoms with E-state index in [0.29, 0.717) is 29.6 Å². The third-order valence-electron chi connectivity index (χ3n) is 2.47. The molecular formula is C13H20ClN3O2. The smallest absolute Gasteiger partial charge is 0.252 e. The summed E-state index contributed by atoms with van der Waals surface area (Å²) in [5, 5.41) is 6.28. The summed E-state index contributed by atoms with van der Waals surface area (Å²) < 4.78 is 4.92. The maximum absolute atomic E-state index is 12.0. The number of anilines is 1. The molecule has 0 aliphatic carbocycles. The van der Waals surface area contributed by atoms with Crippen molar-refractivity contribution in [3.63, 3.8) is 0 Å². The largest absolute Gasteiger partial charge is 0.385 e. The van der Waals surface area contributed by atoms with Gasteiger partial charge in [-0.25, -0.2) is 4.98 Å². The molecule has 0 radical (unpaired) electrons. The Kier molecular flexibility index (Phi) is 7.22. The monoisotopic (exact) mass is 285 g/mol. The molecule has 5 nitrogen and oxygen atoms in total. The number of methoxy groups -OCH3 is 1. The highest BCUT2D eigenvalue weighted by Gasteiger charge is 2.11. The Morgan fingerprint density at radius 2 is 2.26 bits per heavy atom. The first kappa shape index (κ1) is 15.7. The van der Waals surface area contributed by atoms with Crippen LogP contribution in [0.4, 0.5) is 5.82 Å². The number of ether oxygens (including phenoxy) is 1. The summed E-state index contributed by atoms with van der Waals surface area (Å²) in [5.74, 6) is 0.469. The second-order valence-electron chi connectivity index (χ2n) is 4.08. The van der Waals surface area contributed by atoms with E-state index in [1.807, 2.05) is 0 Å². The summed E-state index contributed by atoms with van der Waals surface area (Å²) in [6.45, 7) is 4.05. The average Bonchev–Trinajstić information content (AvgIpc) is 2.42. The number of carbonyl (C=O) groups excluding carboxylic acids is 1. The SMILES string of the molecule is CCCNc1cc(C(=O)NCCCOC)c(Cl)cn1. The fraction of sp³-hybridized carbons (Fsp3) is 0.538. The van der Waals surface area contributed by atoms with Gasteiger partial charge in [-0.05, 0) is 18.9 Å². The fourth-order valence-corrected chi connectivity index (χ4v) is 1.67. The van der Waals surface area contributed by atoms with Gasteiger partial charge in [0.05, 0.1) is 10.6 Å². The molecular weight excluding hydrogens is 266 g/mol. The number of aromatic nitrogens is 1. The molecule has 0 aliphatic rings. The first-order valence-electron chi connectivity index (χ1n) is 6.35. The van der Waals surface area contributed by atoms with Gasteiger partial charge in [-0.3, -0.25) is 4.79 Å². The molecule has 2 N–H and O–H groups in total. The van der Waals surface area contributed by atoms with Crippen molar-refractivity contribution in [1.29, 1.82) is 0 Å². The molecule has 6 heteroatoms. The Bertz CT molecular complexity index is 413. The highest BCUT2D eigenvalue weighted by molar-refractivity contribution is 6.33. The molecule has 0 fully saturated rings. The van der Waals surface area contributed by atoms with E-state index in [9.17, 15) is 4.79 Å². The highest BCUT2D eigenvalue weighted by atomic mass is 35.5. The summed E-state index contributed by atoms with van der Waals surface area (Å²) in [7, 11) is 1.63. The Balaban J connectivity index is 2.61. The van der Waals surface area contributed by atoms with Crippen molar-refractivity contribution in [1.82, 2.24) is 10.3 Å². The third kappa shape index (κ3) is 5.44. The minimum atomic E-state index is -0.192. The van der Waals surface area contributed by atoms with Crippen molar-refractivity contribution in [3.05, 3.63) is 22.8 Å². The minimum absolute atomic E-state index is 0.192. The zero-order valence-corrected chi connectivity index (χ0v) is 12.1. The standard InChI is InChI=1S/C13H20ClN3O2/c1-3-5-15-12-8-10(11(14)9-17-12)13(18)16-6-4-7-19-2/h8-9H,3-7H2,1-2H3,(H,15,17)(H,16,18). The number of pyridine rings is 1. The summed E-state index contributed by atoms with van der Waals surface area (Å²) >= 11 is 5.99. The van der Waals surface area contributed by atoms with Crippen molar-refractivity contribution in [2.75, 3.05) is 32.1 Å². The van der Waals surface area contributed by atoms with Crippen LogP contribution in [0.5, 0.6) is 0 Å². The number of amides is 1. The van der Waals surface area contributed by atoms with Crippen LogP contribution in [0, 0.1) is 0 Å². The number of carbonyl (C=O) groups is 1. The van der Waals surface area contributed by atoms with Gasteiger partial charge in [-0.15, -0.1) is 0 Å². The third-order valence-corrected chi connectivity index (χ3v) is 2.77. The van der Waals surface area contributed by atoms with Gasteiger partial charge in [0.2, 0.25) is 0 Å². The summed E-state index contributed by atoms with van der Waals surface area (Å²) in [6, 6.07) is 1.67. The van der Waals surface area contributed by atoms with E-state index in [2.05, 4.69) is 22.5 Å². The van der Waals surface area contributed by atoms with E-state index in [-0.39, 0.29) is 5.91 Å². The second kappa shape index (κ2) is 8.72. The molecule has 1 aromatic heterocycles. The van der Waals surface area contributed by atoms with Gasteiger partial charge in [-0.1, -0.05) is 18.5 Å². The molecule has 0 aliphatic heterocycles. The van der Waals surface area contributed by atoms with Gasteiger partial charge < -0.3 is 15.4 Å². The van der Waals surface area contributed by atoms with Crippen molar-refractivity contribution in [3.8, 4) is 0 Å². The maximum Gasteiger partial charge on any atom is 0.252 e. The van der Waals surface area contributed by atoms with Crippen molar-refractivity contribution >= 4 is 23.3 Å². The van der Waals surface area contributed by atoms with Crippen molar-refractivity contribution in [2.24, 2.45) is 0 Å². The minimum Gasteiger partial charge on any atom is -0.385 e. The fourth-order valence-electron chi connectivity index (χ4n) is 1.48. The van der Waals surface area contributed by atoms with Gasteiger partial charge in [0.1, 0.15) is 5.82 Å². The van der Waals surface area contributed by atoms with E-state index >= 15 is 0 Å². The van der Waals surface area contributed by atoms with Gasteiger partial charge in [0.25, 0.3) is 5.91 Å². The quantitative estimate of drug-likeness (QED) is 0.720. The molecule has 0 aromatic carbocycles. The van der Waals surface area contributed by atoms with Crippen LogP contribution in [0.2, 0.25) is 5.02 Å². The first-order chi connectivity index (χ1) is 9.19. The van der Waals surface area contributed by atoms with E-state index in [4.69, 9.17) is 16.3 Å². The summed E-state index contributed by atoms with van der Waals surface area (Å²) in [4.78, 5) is 16.1. The number of nitrogens with one attached hydrogen (secondary N) is 2. The lowest BCUT2D eigenvalue weighted by atomic mass is 10.2. The first-order valence-corrected chi connectivity index (χ1v) is 6.73. The number of rotatable bonds is 8. The lowest BCUT2D eigenvalue weighted by Crippen LogP contribution is -2.25. The number of hydrogen-bond acceptors (Lipinski definition) is 4. The van der Waals surface area contributed by atoms with E-state index < -0.39 is 0 Å². The zero-order valence-electron chi connectivity index (χ0n) is 11.3. The molecule has 0 atom stereocenters. The van der Waals surface area contributed by atoms with Gasteiger partial charge in [0, 0.05) is 33.0 Å². The number of hydrogen-bond donors (Lipinski definition) is 2. The molecule has 1 rings (SSSR count). The lowest BCUT2D eigenvalue weighted by molar-refractivity contribution is 0.0948. The predicted octanol–water partition coefficient (Wildman–Crippen LogP) is 2.32. The summed E-state index contributed by atoms with van der Waals surface area (Å²) in [5.41, 5.74) is 0.438. The van der Waals surface area contributed by atoms with Gasteiger partial charge >= 0.3 is 0 Å². The molecule has 0 unspecified atom stereocenters. The van der Waals surface area contributed by atoms with Gasteiger partial charge in [-0.2, -0.15) is 0 Å². The molecule has 1 heterocycles. The molecule has 19 heavy (non-hydrogen) atoms. The molecule has 1 aromatic rings. The van der Waals surface area contributed by atoms with Crippen LogP contribution in [0.15, 0.2) is 12.3 Å². The number of nitrogens with zero attached hydrogens (tertiary/aromatic N) is 1. The zero-order chi connectivity index (χ0) is 14.1. The molecule has 0 saturated carbocycles. The van der Waals surface area contributed by atoms with Crippen LogP contribution in [-0.4, -0.2) is 37.7 Å². The normalized spacial score (nSPS) is 10.3. The van der Waals surface area contributed by atoms with Crippen LogP contribution in [0.1, 0.15) is 30.1 Å². The predicted molar refractivity (Wildman–Crippen MR) is 76.9 cm³/mol. The highest BCUT2D eigenvalue weighted by Crippen LogP contribution is 2.17. The van der Waals surface area contributed by atoms with Crippen LogP contribution < -0.4 is 10.6 Å². The van der Waals surface area contributed by atoms with Crippen LogP contribution >= 0.6 is 11.6 Å². The Hall–Kier alpha value is -1.33. The molecule has 0 bridgehead atoms. The second-order valence-corrected chi connectivity index (χ2v) is 4.49. The van der Waals surface area contributed by atoms with E-state index in [1.54, 1.807) is 13.2 Å². The average molecular weight is 286 g/mol.